The molecule has 5 heteroatoms. The van der Waals surface area contributed by atoms with Gasteiger partial charge >= 0.3 is 6.08 Å². The van der Waals surface area contributed by atoms with Gasteiger partial charge in [-0.25, -0.2) is 0 Å². The van der Waals surface area contributed by atoms with E-state index in [0.717, 1.165) is 0 Å². The quantitative estimate of drug-likeness (QED) is 0.566. The molecule has 0 spiro atoms. The van der Waals surface area contributed by atoms with Crippen molar-refractivity contribution in [3.63, 3.8) is 0 Å². The number of halogens is 1. The van der Waals surface area contributed by atoms with Crippen LogP contribution in [-0.4, -0.2) is 9.97 Å². The van der Waals surface area contributed by atoms with Gasteiger partial charge in [-0.1, -0.05) is 18.1 Å². The van der Waals surface area contributed by atoms with E-state index in [9.17, 15) is 4.39 Å². The lowest BCUT2D eigenvalue weighted by Crippen LogP contribution is -1.69. The summed E-state index contributed by atoms with van der Waals surface area (Å²) >= 11 is 0. The summed E-state index contributed by atoms with van der Waals surface area (Å²) in [6, 6.07) is 0. The molecule has 1 rings (SSSR count). The summed E-state index contributed by atoms with van der Waals surface area (Å²) in [6.45, 7) is 12.9. The van der Waals surface area contributed by atoms with Crippen molar-refractivity contribution in [3.05, 3.63) is 36.3 Å². The summed E-state index contributed by atoms with van der Waals surface area (Å²) in [7, 11) is 0. The highest BCUT2D eigenvalue weighted by Gasteiger charge is 2.11. The van der Waals surface area contributed by atoms with Crippen molar-refractivity contribution in [2.45, 2.75) is 0 Å². The number of rotatable bonds is 0. The molecule has 1 aromatic rings. The maximum absolute atomic E-state index is 12.1. The smallest absolute Gasteiger partial charge is 0.373 e. The highest BCUT2D eigenvalue weighted by molar-refractivity contribution is 5.60. The minimum absolute atomic E-state index is 0. The van der Waals surface area contributed by atoms with E-state index < -0.39 is 6.08 Å². The Morgan fingerprint density at radius 2 is 2.00 bits per heavy atom. The Balaban J connectivity index is 0.000001000. The number of aromatic amines is 1. The van der Waals surface area contributed by atoms with Gasteiger partial charge in [0.05, 0.1) is 0 Å². The van der Waals surface area contributed by atoms with Crippen molar-refractivity contribution in [1.29, 1.82) is 0 Å². The van der Waals surface area contributed by atoms with E-state index in [-0.39, 0.29) is 19.1 Å². The van der Waals surface area contributed by atoms with Crippen LogP contribution in [-0.2, 0) is 0 Å². The molecule has 0 saturated heterocycles. The number of nitrogens with zero attached hydrogens (tertiary/aromatic N) is 3. The fourth-order valence-electron chi connectivity index (χ4n) is 0.483. The van der Waals surface area contributed by atoms with Gasteiger partial charge < -0.3 is 9.69 Å². The Labute approximate surface area is 63.3 Å². The van der Waals surface area contributed by atoms with Crippen molar-refractivity contribution >= 4 is 11.6 Å². The van der Waals surface area contributed by atoms with Crippen LogP contribution < -0.4 is 0 Å². The zero-order valence-electron chi connectivity index (χ0n) is 5.72. The predicted molar refractivity (Wildman–Crippen MR) is 37.5 cm³/mol. The third kappa shape index (κ3) is 1.46. The second kappa shape index (κ2) is 3.23. The number of aromatic nitrogens is 2. The van der Waals surface area contributed by atoms with Gasteiger partial charge in [0, 0.05) is 7.43 Å². The van der Waals surface area contributed by atoms with Crippen LogP contribution in [0.3, 0.4) is 0 Å². The first kappa shape index (κ1) is 8.99. The molecule has 0 aliphatic carbocycles. The fraction of sp³-hybridized carbons (Fsp3) is 0. The monoisotopic (exact) mass is 151 g/mol. The van der Waals surface area contributed by atoms with Gasteiger partial charge in [-0.05, 0) is 0 Å². The molecule has 0 saturated carbocycles. The summed E-state index contributed by atoms with van der Waals surface area (Å²) in [5.74, 6) is -0.361. The van der Waals surface area contributed by atoms with Gasteiger partial charge in [-0.3, -0.25) is 4.98 Å². The number of H-pyrrole nitrogens is 1. The van der Waals surface area contributed by atoms with Crippen LogP contribution in [0.5, 0.6) is 0 Å². The molecule has 0 bridgehead atoms. The minimum Gasteiger partial charge on any atom is -0.373 e. The van der Waals surface area contributed by atoms with Crippen LogP contribution in [0.25, 0.3) is 9.69 Å². The SMILES string of the molecule is [C-]#[N+]c1nc(F)[nH]c1[N+]#[C-].[CH3+]. The molecule has 0 radical (unpaired) electrons. The average Bonchev–Trinajstić information content (AvgIpc) is 2.30. The largest absolute Gasteiger partial charge is 0.457 e. The molecule has 0 atom stereocenters. The third-order valence-corrected chi connectivity index (χ3v) is 0.855. The first-order valence-electron chi connectivity index (χ1n) is 2.28. The van der Waals surface area contributed by atoms with Crippen LogP contribution in [0.4, 0.5) is 16.0 Å². The zero-order chi connectivity index (χ0) is 7.56. The maximum Gasteiger partial charge on any atom is 0.457 e. The van der Waals surface area contributed by atoms with Crippen LogP contribution in [0.15, 0.2) is 0 Å². The summed E-state index contributed by atoms with van der Waals surface area (Å²) in [4.78, 5) is 10.8. The Morgan fingerprint density at radius 1 is 1.36 bits per heavy atom. The molecule has 0 unspecified atom stereocenters. The molecule has 1 N–H and O–H groups in total. The molecule has 0 amide bonds. The Bertz CT molecular complexity index is 296. The normalized spacial score (nSPS) is 7.55. The highest BCUT2D eigenvalue weighted by Crippen LogP contribution is 2.23. The molecule has 0 aliphatic heterocycles. The lowest BCUT2D eigenvalue weighted by Gasteiger charge is -1.78. The predicted octanol–water partition coefficient (Wildman–Crippen LogP) is 2.10. The van der Waals surface area contributed by atoms with Crippen LogP contribution in [0.2, 0.25) is 0 Å². The van der Waals surface area contributed by atoms with Crippen molar-refractivity contribution in [2.24, 2.45) is 0 Å². The molecule has 1 aromatic heterocycles. The van der Waals surface area contributed by atoms with Crippen LogP contribution >= 0.6 is 0 Å². The molecule has 4 nitrogen and oxygen atoms in total. The molecular weight excluding hydrogens is 147 g/mol. The van der Waals surface area contributed by atoms with Crippen molar-refractivity contribution in [1.82, 2.24) is 9.97 Å². The van der Waals surface area contributed by atoms with Gasteiger partial charge in [-0.2, -0.15) is 0 Å². The summed E-state index contributed by atoms with van der Waals surface area (Å²) in [6.07, 6.45) is -0.892. The van der Waals surface area contributed by atoms with E-state index in [1.54, 1.807) is 0 Å². The molecule has 0 fully saturated rings. The first-order chi connectivity index (χ1) is 4.77. The van der Waals surface area contributed by atoms with E-state index in [1.165, 1.54) is 0 Å². The molecule has 54 valence electrons. The second-order valence-corrected chi connectivity index (χ2v) is 1.42. The van der Waals surface area contributed by atoms with E-state index in [4.69, 9.17) is 13.1 Å². The number of hydrogen-bond acceptors (Lipinski definition) is 1. The van der Waals surface area contributed by atoms with Crippen molar-refractivity contribution in [2.75, 3.05) is 0 Å². The Kier molecular flexibility index (Phi) is 2.64. The molecular formula is C6H4FN4+. The van der Waals surface area contributed by atoms with Gasteiger partial charge in [0.15, 0.2) is 0 Å². The average molecular weight is 151 g/mol. The highest BCUT2D eigenvalue weighted by atomic mass is 19.1. The van der Waals surface area contributed by atoms with Crippen molar-refractivity contribution < 1.29 is 4.39 Å². The number of hydrogen-bond donors (Lipinski definition) is 1. The number of nitrogens with one attached hydrogen (secondary N) is 1. The summed E-state index contributed by atoms with van der Waals surface area (Å²) in [5, 5.41) is 0. The topological polar surface area (TPSA) is 37.4 Å². The van der Waals surface area contributed by atoms with Crippen molar-refractivity contribution in [3.8, 4) is 0 Å². The molecule has 0 aliphatic rings. The second-order valence-electron chi connectivity index (χ2n) is 1.42. The van der Waals surface area contributed by atoms with Crippen LogP contribution in [0.1, 0.15) is 0 Å². The molecule has 1 heterocycles. The lowest BCUT2D eigenvalue weighted by molar-refractivity contribution is 0.554. The van der Waals surface area contributed by atoms with E-state index in [1.807, 2.05) is 4.98 Å². The fourth-order valence-corrected chi connectivity index (χ4v) is 0.483. The first-order valence-corrected chi connectivity index (χ1v) is 2.28. The Morgan fingerprint density at radius 3 is 2.36 bits per heavy atom. The number of imidazole rings is 1. The maximum atomic E-state index is 12.1. The van der Waals surface area contributed by atoms with Gasteiger partial charge in [0.1, 0.15) is 0 Å². The van der Waals surface area contributed by atoms with Gasteiger partial charge in [0.2, 0.25) is 0 Å². The van der Waals surface area contributed by atoms with E-state index in [0.29, 0.717) is 0 Å². The lowest BCUT2D eigenvalue weighted by atomic mass is 10.7. The molecule has 0 aromatic carbocycles. The van der Waals surface area contributed by atoms with E-state index in [2.05, 4.69) is 14.7 Å². The third-order valence-electron chi connectivity index (χ3n) is 0.855. The summed E-state index contributed by atoms with van der Waals surface area (Å²) < 4.78 is 12.1. The Hall–Kier alpha value is -2.01. The molecule has 11 heavy (non-hydrogen) atoms. The van der Waals surface area contributed by atoms with E-state index >= 15 is 0 Å². The zero-order valence-corrected chi connectivity index (χ0v) is 5.72. The standard InChI is InChI=1S/C5HFN4.CH3/c1-7-3-4(8-2)10-5(6)9-3;/h(H,9,10);1H3/q;+1. The van der Waals surface area contributed by atoms with Crippen LogP contribution in [0, 0.1) is 26.6 Å². The minimum atomic E-state index is -0.892. The van der Waals surface area contributed by atoms with Gasteiger partial charge in [-0.15, -0.1) is 4.39 Å². The summed E-state index contributed by atoms with van der Waals surface area (Å²) in [5.41, 5.74) is 0. The van der Waals surface area contributed by atoms with Gasteiger partial charge in [0.25, 0.3) is 11.6 Å².